The van der Waals surface area contributed by atoms with E-state index in [-0.39, 0.29) is 11.7 Å². The quantitative estimate of drug-likeness (QED) is 0.159. The summed E-state index contributed by atoms with van der Waals surface area (Å²) in [5.41, 5.74) is 3.64. The molecular formula is C36H25ClN2O5. The molecule has 0 N–H and O–H groups in total. The van der Waals surface area contributed by atoms with Crippen molar-refractivity contribution in [2.45, 2.75) is 12.1 Å². The van der Waals surface area contributed by atoms with Crippen LogP contribution >= 0.6 is 11.6 Å². The maximum atomic E-state index is 14.5. The molecule has 4 unspecified atom stereocenters. The SMILES string of the molecule is COc1ccc(N2C(=O)C3C(C2=O)C(C(=O)c2ccccc2)N2c4c(c(Cl)cc5cc(-c6ccccc6)oc45)C=CC32)cc1. The van der Waals surface area contributed by atoms with Crippen molar-refractivity contribution < 1.29 is 23.5 Å². The molecule has 8 rings (SSSR count). The summed E-state index contributed by atoms with van der Waals surface area (Å²) in [6.07, 6.45) is 3.77. The van der Waals surface area contributed by atoms with E-state index in [4.69, 9.17) is 20.8 Å². The highest BCUT2D eigenvalue weighted by molar-refractivity contribution is 6.34. The van der Waals surface area contributed by atoms with E-state index in [9.17, 15) is 14.4 Å². The van der Waals surface area contributed by atoms with Gasteiger partial charge in [0.2, 0.25) is 11.8 Å². The molecule has 0 radical (unpaired) electrons. The summed E-state index contributed by atoms with van der Waals surface area (Å²) in [4.78, 5) is 46.1. The number of benzene rings is 4. The Morgan fingerprint density at radius 2 is 1.55 bits per heavy atom. The van der Waals surface area contributed by atoms with E-state index < -0.39 is 29.8 Å². The van der Waals surface area contributed by atoms with E-state index in [1.807, 2.05) is 65.6 Å². The second-order valence-electron chi connectivity index (χ2n) is 11.2. The van der Waals surface area contributed by atoms with E-state index in [1.165, 1.54) is 4.90 Å². The van der Waals surface area contributed by atoms with Gasteiger partial charge in [-0.2, -0.15) is 0 Å². The molecule has 8 heteroatoms. The predicted molar refractivity (Wildman–Crippen MR) is 169 cm³/mol. The predicted octanol–water partition coefficient (Wildman–Crippen LogP) is 7.03. The number of fused-ring (bicyclic) bond motifs is 7. The Bertz CT molecular complexity index is 2000. The summed E-state index contributed by atoms with van der Waals surface area (Å²) in [7, 11) is 1.55. The fraction of sp³-hybridized carbons (Fsp3) is 0.139. The van der Waals surface area contributed by atoms with E-state index in [0.29, 0.717) is 44.6 Å². The number of ketones is 1. The van der Waals surface area contributed by atoms with Gasteiger partial charge in [-0.1, -0.05) is 84.4 Å². The number of amides is 2. The van der Waals surface area contributed by atoms with Gasteiger partial charge in [0.05, 0.1) is 41.4 Å². The first-order valence-corrected chi connectivity index (χ1v) is 14.7. The number of furan rings is 1. The number of hydrogen-bond acceptors (Lipinski definition) is 6. The number of halogens is 1. The van der Waals surface area contributed by atoms with E-state index in [2.05, 4.69) is 0 Å². The zero-order chi connectivity index (χ0) is 30.1. The van der Waals surface area contributed by atoms with Crippen LogP contribution in [0.4, 0.5) is 11.4 Å². The van der Waals surface area contributed by atoms with Gasteiger partial charge in [0.1, 0.15) is 17.6 Å². The zero-order valence-corrected chi connectivity index (χ0v) is 24.3. The number of carbonyl (C=O) groups excluding carboxylic acids is 3. The summed E-state index contributed by atoms with van der Waals surface area (Å²) in [5.74, 6) is -1.45. The Balaban J connectivity index is 1.32. The van der Waals surface area contributed by atoms with Gasteiger partial charge in [-0.05, 0) is 36.4 Å². The number of carbonyl (C=O) groups is 3. The number of nitrogens with zero attached hydrogens (tertiary/aromatic N) is 2. The molecule has 2 amide bonds. The highest BCUT2D eigenvalue weighted by Gasteiger charge is 2.64. The summed E-state index contributed by atoms with van der Waals surface area (Å²) in [6, 6.07) is 27.6. The van der Waals surface area contributed by atoms with Gasteiger partial charge in [0, 0.05) is 22.1 Å². The third-order valence-corrected chi connectivity index (χ3v) is 9.24. The third-order valence-electron chi connectivity index (χ3n) is 8.93. The summed E-state index contributed by atoms with van der Waals surface area (Å²) < 4.78 is 11.8. The molecule has 2 saturated heterocycles. The smallest absolute Gasteiger partial charge is 0.240 e. The molecule has 0 bridgehead atoms. The van der Waals surface area contributed by atoms with Crippen molar-refractivity contribution in [1.82, 2.24) is 0 Å². The monoisotopic (exact) mass is 600 g/mol. The molecule has 4 heterocycles. The van der Waals surface area contributed by atoms with Gasteiger partial charge in [0.25, 0.3) is 0 Å². The van der Waals surface area contributed by atoms with Crippen molar-refractivity contribution in [1.29, 1.82) is 0 Å². The molecule has 5 aromatic rings. The molecule has 2 fully saturated rings. The molecule has 3 aliphatic heterocycles. The minimum Gasteiger partial charge on any atom is -0.497 e. The molecule has 7 nitrogen and oxygen atoms in total. The molecule has 216 valence electrons. The van der Waals surface area contributed by atoms with Crippen molar-refractivity contribution in [3.63, 3.8) is 0 Å². The normalized spacial score (nSPS) is 21.9. The number of rotatable bonds is 5. The topological polar surface area (TPSA) is 80.1 Å². The molecule has 0 spiro atoms. The van der Waals surface area contributed by atoms with Gasteiger partial charge >= 0.3 is 0 Å². The highest BCUT2D eigenvalue weighted by Crippen LogP contribution is 2.53. The second kappa shape index (κ2) is 9.96. The average Bonchev–Trinajstić information content (AvgIpc) is 3.72. The summed E-state index contributed by atoms with van der Waals surface area (Å²) in [5, 5.41) is 1.25. The van der Waals surface area contributed by atoms with Gasteiger partial charge in [-0.25, -0.2) is 4.90 Å². The Kier molecular flexibility index (Phi) is 6.00. The Labute approximate surface area is 257 Å². The standard InChI is InChI=1S/C36H25ClN2O5/c1-43-24-14-12-23(13-15-24)38-35(41)29-27-17-16-25-26(37)18-22-19-28(20-8-4-2-5-9-20)44-34(22)31(25)39(27)32(30(29)36(38)42)33(40)21-10-6-3-7-11-21/h2-19,27,29-30,32H,1H3. The van der Waals surface area contributed by atoms with E-state index in [1.54, 1.807) is 55.6 Å². The summed E-state index contributed by atoms with van der Waals surface area (Å²) in [6.45, 7) is 0. The number of anilines is 2. The lowest BCUT2D eigenvalue weighted by Gasteiger charge is -2.36. The molecule has 0 aliphatic carbocycles. The number of ether oxygens (including phenoxy) is 1. The highest BCUT2D eigenvalue weighted by atomic mass is 35.5. The van der Waals surface area contributed by atoms with E-state index in [0.717, 1.165) is 10.9 Å². The Morgan fingerprint density at radius 3 is 2.25 bits per heavy atom. The van der Waals surface area contributed by atoms with Crippen LogP contribution in [0.15, 0.2) is 108 Å². The van der Waals surface area contributed by atoms with Crippen LogP contribution in [0.5, 0.6) is 5.75 Å². The van der Waals surface area contributed by atoms with Crippen molar-refractivity contribution >= 4 is 57.6 Å². The summed E-state index contributed by atoms with van der Waals surface area (Å²) >= 11 is 6.86. The van der Waals surface area contributed by atoms with Crippen LogP contribution in [-0.2, 0) is 9.59 Å². The largest absolute Gasteiger partial charge is 0.497 e. The number of Topliss-reactive ketones (excluding diaryl/α,β-unsaturated/α-hetero) is 1. The minimum absolute atomic E-state index is 0.245. The zero-order valence-electron chi connectivity index (χ0n) is 23.5. The lowest BCUT2D eigenvalue weighted by atomic mass is 9.86. The average molecular weight is 601 g/mol. The van der Waals surface area contributed by atoms with Crippen molar-refractivity contribution in [3.05, 3.63) is 119 Å². The van der Waals surface area contributed by atoms with Crippen molar-refractivity contribution in [3.8, 4) is 17.1 Å². The Morgan fingerprint density at radius 1 is 0.864 bits per heavy atom. The lowest BCUT2D eigenvalue weighted by Crippen LogP contribution is -2.49. The van der Waals surface area contributed by atoms with Crippen LogP contribution in [0.1, 0.15) is 15.9 Å². The molecule has 4 aromatic carbocycles. The molecule has 1 aromatic heterocycles. The molecule has 3 aliphatic rings. The van der Waals surface area contributed by atoms with Crippen LogP contribution in [0, 0.1) is 11.8 Å². The van der Waals surface area contributed by atoms with Crippen molar-refractivity contribution in [2.24, 2.45) is 11.8 Å². The van der Waals surface area contributed by atoms with Crippen LogP contribution < -0.4 is 14.5 Å². The first-order chi connectivity index (χ1) is 21.5. The van der Waals surface area contributed by atoms with Crippen molar-refractivity contribution in [2.75, 3.05) is 16.9 Å². The molecule has 0 saturated carbocycles. The first kappa shape index (κ1) is 26.5. The van der Waals surface area contributed by atoms with Gasteiger partial charge in [-0.3, -0.25) is 14.4 Å². The third kappa shape index (κ3) is 3.79. The Hall–Kier alpha value is -5.14. The van der Waals surface area contributed by atoms with E-state index >= 15 is 0 Å². The van der Waals surface area contributed by atoms with Crippen LogP contribution in [0.3, 0.4) is 0 Å². The molecule has 4 atom stereocenters. The van der Waals surface area contributed by atoms with Crippen LogP contribution in [0.25, 0.3) is 28.4 Å². The van der Waals surface area contributed by atoms with Crippen LogP contribution in [0.2, 0.25) is 5.02 Å². The number of hydrogen-bond donors (Lipinski definition) is 0. The number of imide groups is 1. The molecule has 44 heavy (non-hydrogen) atoms. The first-order valence-electron chi connectivity index (χ1n) is 14.4. The maximum Gasteiger partial charge on any atom is 0.240 e. The van der Waals surface area contributed by atoms with Gasteiger partial charge in [0.15, 0.2) is 11.4 Å². The lowest BCUT2D eigenvalue weighted by molar-refractivity contribution is -0.122. The second-order valence-corrected chi connectivity index (χ2v) is 11.6. The van der Waals surface area contributed by atoms with Gasteiger partial charge in [-0.15, -0.1) is 0 Å². The van der Waals surface area contributed by atoms with Gasteiger partial charge < -0.3 is 14.1 Å². The minimum atomic E-state index is -0.970. The number of methoxy groups -OCH3 is 1. The fourth-order valence-electron chi connectivity index (χ4n) is 6.99. The fourth-order valence-corrected chi connectivity index (χ4v) is 7.26. The molecular weight excluding hydrogens is 576 g/mol. The maximum absolute atomic E-state index is 14.5. The van der Waals surface area contributed by atoms with Crippen LogP contribution in [-0.4, -0.2) is 36.8 Å².